The van der Waals surface area contributed by atoms with Gasteiger partial charge in [-0.15, -0.1) is 0 Å². The molecule has 4 unspecified atom stereocenters. The highest BCUT2D eigenvalue weighted by molar-refractivity contribution is 7.48. The molecule has 3 rings (SSSR count). The van der Waals surface area contributed by atoms with Crippen LogP contribution in [0.15, 0.2) is 11.5 Å². The zero-order valence-corrected chi connectivity index (χ0v) is 28.8. The van der Waals surface area contributed by atoms with Crippen LogP contribution in [0.25, 0.3) is 0 Å². The SMILES string of the molecule is CCCCCCCC.Cc1c(C)c2c(c(C)c1OP(=O)(O)OC1=C(O)C(C(O)CO)OC1=O)CCC(C)(CCCC(C)C)O2. The van der Waals surface area contributed by atoms with Gasteiger partial charge >= 0.3 is 13.8 Å². The third-order valence-corrected chi connectivity index (χ3v) is 9.21. The summed E-state index contributed by atoms with van der Waals surface area (Å²) in [5, 5.41) is 28.8. The molecule has 0 aromatic heterocycles. The minimum absolute atomic E-state index is 0.127. The second-order valence-electron chi connectivity index (χ2n) is 12.7. The molecule has 0 fully saturated rings. The lowest BCUT2D eigenvalue weighted by molar-refractivity contribution is -0.147. The van der Waals surface area contributed by atoms with E-state index in [-0.39, 0.29) is 11.4 Å². The molecule has 0 saturated carbocycles. The first-order valence-electron chi connectivity index (χ1n) is 16.1. The van der Waals surface area contributed by atoms with Crippen molar-refractivity contribution in [3.63, 3.8) is 0 Å². The Hall–Kier alpha value is -2.26. The molecule has 2 aliphatic rings. The van der Waals surface area contributed by atoms with E-state index in [9.17, 15) is 24.5 Å². The topological polar surface area (TPSA) is 152 Å². The number of rotatable bonds is 15. The second-order valence-corrected chi connectivity index (χ2v) is 14.0. The zero-order chi connectivity index (χ0) is 33.2. The Bertz CT molecular complexity index is 1190. The van der Waals surface area contributed by atoms with E-state index in [0.29, 0.717) is 23.5 Å². The van der Waals surface area contributed by atoms with E-state index in [2.05, 4.69) is 34.6 Å². The highest BCUT2D eigenvalue weighted by Crippen LogP contribution is 2.52. The molecule has 0 spiro atoms. The van der Waals surface area contributed by atoms with Crippen LogP contribution in [0.1, 0.15) is 121 Å². The summed E-state index contributed by atoms with van der Waals surface area (Å²) >= 11 is 0. The number of esters is 1. The molecule has 0 radical (unpaired) electrons. The van der Waals surface area contributed by atoms with Crippen molar-refractivity contribution >= 4 is 13.8 Å². The third-order valence-electron chi connectivity index (χ3n) is 8.38. The van der Waals surface area contributed by atoms with Gasteiger partial charge in [-0.3, -0.25) is 4.89 Å². The van der Waals surface area contributed by atoms with Crippen LogP contribution in [0.5, 0.6) is 11.5 Å². The van der Waals surface area contributed by atoms with Crippen LogP contribution in [-0.2, 0) is 25.0 Å². The minimum atomic E-state index is -4.97. The van der Waals surface area contributed by atoms with Gasteiger partial charge in [-0.1, -0.05) is 72.6 Å². The molecular weight excluding hydrogens is 587 g/mol. The van der Waals surface area contributed by atoms with Gasteiger partial charge in [0.1, 0.15) is 23.2 Å². The van der Waals surface area contributed by atoms with E-state index >= 15 is 0 Å². The number of phosphoric acid groups is 1. The second kappa shape index (κ2) is 16.9. The Kier molecular flexibility index (Phi) is 14.5. The number of aliphatic hydroxyl groups is 3. The number of carbonyl (C=O) groups is 1. The van der Waals surface area contributed by atoms with Crippen molar-refractivity contribution in [1.82, 2.24) is 0 Å². The molecule has 0 bridgehead atoms. The Labute approximate surface area is 263 Å². The number of benzene rings is 1. The minimum Gasteiger partial charge on any atom is -0.505 e. The van der Waals surface area contributed by atoms with E-state index < -0.39 is 44.1 Å². The van der Waals surface area contributed by atoms with E-state index in [0.717, 1.165) is 42.6 Å². The molecule has 4 N–H and O–H groups in total. The van der Waals surface area contributed by atoms with Crippen LogP contribution < -0.4 is 9.26 Å². The first kappa shape index (κ1) is 37.9. The Morgan fingerprint density at radius 3 is 2.16 bits per heavy atom. The fourth-order valence-corrected chi connectivity index (χ4v) is 6.42. The largest absolute Gasteiger partial charge is 0.585 e. The summed E-state index contributed by atoms with van der Waals surface area (Å²) in [6.07, 6.45) is 9.86. The quantitative estimate of drug-likeness (QED) is 0.0863. The van der Waals surface area contributed by atoms with Crippen molar-refractivity contribution in [1.29, 1.82) is 0 Å². The van der Waals surface area contributed by atoms with Crippen molar-refractivity contribution in [2.75, 3.05) is 6.61 Å². The normalized spacial score (nSPS) is 21.5. The number of cyclic esters (lactones) is 1. The van der Waals surface area contributed by atoms with Crippen LogP contribution >= 0.6 is 7.82 Å². The summed E-state index contributed by atoms with van der Waals surface area (Å²) in [4.78, 5) is 22.5. The van der Waals surface area contributed by atoms with Gasteiger partial charge in [0.15, 0.2) is 11.9 Å². The maximum atomic E-state index is 12.9. The summed E-state index contributed by atoms with van der Waals surface area (Å²) in [5.74, 6) is -1.61. The lowest BCUT2D eigenvalue weighted by Crippen LogP contribution is -2.37. The molecule has 11 heteroatoms. The summed E-state index contributed by atoms with van der Waals surface area (Å²) in [5.41, 5.74) is 2.55. The molecule has 10 nitrogen and oxygen atoms in total. The fourth-order valence-electron chi connectivity index (χ4n) is 5.48. The van der Waals surface area contributed by atoms with Gasteiger partial charge in [-0.25, -0.2) is 9.36 Å². The van der Waals surface area contributed by atoms with Crippen LogP contribution in [0.3, 0.4) is 0 Å². The number of carbonyl (C=O) groups excluding carboxylic acids is 1. The van der Waals surface area contributed by atoms with Crippen molar-refractivity contribution < 1.29 is 48.1 Å². The highest BCUT2D eigenvalue weighted by atomic mass is 31.2. The van der Waals surface area contributed by atoms with E-state index in [1.165, 1.54) is 38.5 Å². The monoisotopic (exact) mass is 642 g/mol. The van der Waals surface area contributed by atoms with Crippen LogP contribution in [-0.4, -0.2) is 50.6 Å². The standard InChI is InChI=1S/C25H37O10P.C8H18/c1-13(2)8-7-10-25(6)11-9-17-16(5)20(14(3)15(4)21(17)33-25)34-36(30,31)35-23-19(28)22(18(27)12-26)32-24(23)29;1-3-5-7-8-6-4-2/h13,18,22,26-28H,7-12H2,1-6H3,(H,30,31);3-8H2,1-2H3. The number of unbranched alkanes of at least 4 members (excludes halogenated alkanes) is 5. The highest BCUT2D eigenvalue weighted by Gasteiger charge is 2.44. The zero-order valence-electron chi connectivity index (χ0n) is 27.9. The molecule has 0 aliphatic carbocycles. The average molecular weight is 643 g/mol. The smallest absolute Gasteiger partial charge is 0.505 e. The first-order chi connectivity index (χ1) is 20.6. The number of aliphatic hydroxyl groups excluding tert-OH is 3. The van der Waals surface area contributed by atoms with Gasteiger partial charge in [-0.2, -0.15) is 0 Å². The van der Waals surface area contributed by atoms with E-state index in [1.807, 2.05) is 6.92 Å². The fraction of sp³-hybridized carbons (Fsp3) is 0.727. The van der Waals surface area contributed by atoms with Crippen LogP contribution in [0.2, 0.25) is 0 Å². The van der Waals surface area contributed by atoms with Gasteiger partial charge in [0.25, 0.3) is 5.76 Å². The Morgan fingerprint density at radius 2 is 1.61 bits per heavy atom. The number of phosphoric ester groups is 1. The molecule has 252 valence electrons. The van der Waals surface area contributed by atoms with Crippen molar-refractivity contribution in [3.05, 3.63) is 33.8 Å². The van der Waals surface area contributed by atoms with E-state index in [4.69, 9.17) is 23.6 Å². The molecule has 1 aromatic rings. The lowest BCUT2D eigenvalue weighted by atomic mass is 9.84. The predicted molar refractivity (Wildman–Crippen MR) is 170 cm³/mol. The van der Waals surface area contributed by atoms with Crippen molar-refractivity contribution in [3.8, 4) is 11.5 Å². The van der Waals surface area contributed by atoms with Gasteiger partial charge in [0.05, 0.1) is 6.61 Å². The Balaban J connectivity index is 0.000000742. The number of fused-ring (bicyclic) bond motifs is 1. The molecule has 4 atom stereocenters. The predicted octanol–water partition coefficient (Wildman–Crippen LogP) is 7.43. The molecule has 2 heterocycles. The molecule has 44 heavy (non-hydrogen) atoms. The van der Waals surface area contributed by atoms with Gasteiger partial charge < -0.3 is 33.8 Å². The molecular formula is C33H55O10P. The van der Waals surface area contributed by atoms with E-state index in [1.54, 1.807) is 13.8 Å². The Morgan fingerprint density at radius 1 is 1.00 bits per heavy atom. The molecule has 2 aliphatic heterocycles. The maximum absolute atomic E-state index is 12.9. The van der Waals surface area contributed by atoms with Gasteiger partial charge in [0.2, 0.25) is 0 Å². The van der Waals surface area contributed by atoms with Crippen LogP contribution in [0.4, 0.5) is 0 Å². The summed E-state index contributed by atoms with van der Waals surface area (Å²) < 4.78 is 34.3. The maximum Gasteiger partial charge on any atom is 0.585 e. The summed E-state index contributed by atoms with van der Waals surface area (Å²) in [7, 11) is -4.97. The molecule has 1 aromatic carbocycles. The summed E-state index contributed by atoms with van der Waals surface area (Å²) in [6, 6.07) is 0. The molecule has 0 amide bonds. The van der Waals surface area contributed by atoms with Crippen LogP contribution in [0, 0.1) is 26.7 Å². The number of hydrogen-bond acceptors (Lipinski definition) is 9. The summed E-state index contributed by atoms with van der Waals surface area (Å²) in [6.45, 7) is 15.6. The van der Waals surface area contributed by atoms with Gasteiger partial charge in [0, 0.05) is 5.56 Å². The van der Waals surface area contributed by atoms with Gasteiger partial charge in [-0.05, 0) is 76.0 Å². The molecule has 0 saturated heterocycles. The average Bonchev–Trinajstić information content (AvgIpc) is 3.24. The first-order valence-corrected chi connectivity index (χ1v) is 17.6. The van der Waals surface area contributed by atoms with Crippen molar-refractivity contribution in [2.45, 2.75) is 144 Å². The third kappa shape index (κ3) is 10.1. The number of ether oxygens (including phenoxy) is 2. The number of hydrogen-bond donors (Lipinski definition) is 4. The van der Waals surface area contributed by atoms with Crippen molar-refractivity contribution in [2.24, 2.45) is 5.92 Å². The lowest BCUT2D eigenvalue weighted by Gasteiger charge is -2.38.